The largest absolute Gasteiger partial charge is 0.467 e. The maximum absolute atomic E-state index is 12.9. The predicted octanol–water partition coefficient (Wildman–Crippen LogP) is 1.23. The maximum atomic E-state index is 12.9. The third kappa shape index (κ3) is 3.34. The standard InChI is InChI=1S/C20H20N4O4/c1-28-20(27)17-8-15(25)11-24(17)19(26)14-7-16-18(21-9-14)23(12-22-16)10-13-5-3-2-4-6-13/h2-7,9,12,15,17,25H,8,10-11H2,1H3/t15-,17+/m1/s1. The Bertz CT molecular complexity index is 1020. The molecule has 0 bridgehead atoms. The second-order valence-corrected chi connectivity index (χ2v) is 6.81. The van der Waals surface area contributed by atoms with E-state index < -0.39 is 18.1 Å². The Morgan fingerprint density at radius 1 is 1.25 bits per heavy atom. The molecule has 1 fully saturated rings. The Morgan fingerprint density at radius 3 is 2.79 bits per heavy atom. The van der Waals surface area contributed by atoms with Crippen LogP contribution in [0.2, 0.25) is 0 Å². The van der Waals surface area contributed by atoms with Crippen LogP contribution in [0, 0.1) is 0 Å². The van der Waals surface area contributed by atoms with E-state index in [2.05, 4.69) is 9.97 Å². The first kappa shape index (κ1) is 18.1. The summed E-state index contributed by atoms with van der Waals surface area (Å²) >= 11 is 0. The number of aromatic nitrogens is 3. The molecule has 0 saturated carbocycles. The van der Waals surface area contributed by atoms with Crippen molar-refractivity contribution in [2.24, 2.45) is 0 Å². The third-order valence-electron chi connectivity index (χ3n) is 4.91. The van der Waals surface area contributed by atoms with Crippen molar-refractivity contribution < 1.29 is 19.4 Å². The molecule has 144 valence electrons. The number of hydrogen-bond acceptors (Lipinski definition) is 6. The number of carbonyl (C=O) groups excluding carboxylic acids is 2. The van der Waals surface area contributed by atoms with E-state index in [0.29, 0.717) is 23.3 Å². The predicted molar refractivity (Wildman–Crippen MR) is 101 cm³/mol. The van der Waals surface area contributed by atoms with Crippen molar-refractivity contribution >= 4 is 23.0 Å². The van der Waals surface area contributed by atoms with Crippen LogP contribution in [-0.2, 0) is 16.1 Å². The molecule has 0 aliphatic carbocycles. The highest BCUT2D eigenvalue weighted by atomic mass is 16.5. The SMILES string of the molecule is COC(=O)[C@@H]1C[C@@H](O)CN1C(=O)c1cnc2c(c1)ncn2Cc1ccccc1. The minimum Gasteiger partial charge on any atom is -0.467 e. The number of amides is 1. The lowest BCUT2D eigenvalue weighted by Crippen LogP contribution is -2.41. The number of methoxy groups -OCH3 is 1. The molecule has 1 aromatic carbocycles. The average Bonchev–Trinajstić information content (AvgIpc) is 3.30. The van der Waals surface area contributed by atoms with Gasteiger partial charge in [-0.15, -0.1) is 0 Å². The van der Waals surface area contributed by atoms with Crippen molar-refractivity contribution in [3.05, 3.63) is 60.0 Å². The molecule has 2 atom stereocenters. The second kappa shape index (κ2) is 7.40. The summed E-state index contributed by atoms with van der Waals surface area (Å²) < 4.78 is 6.67. The summed E-state index contributed by atoms with van der Waals surface area (Å²) in [5, 5.41) is 9.89. The van der Waals surface area contributed by atoms with Crippen LogP contribution in [-0.4, -0.2) is 62.2 Å². The number of β-amino-alcohol motifs (C(OH)–C–C–N with tert-alkyl or cyclic N) is 1. The van der Waals surface area contributed by atoms with E-state index in [0.717, 1.165) is 5.56 Å². The summed E-state index contributed by atoms with van der Waals surface area (Å²) in [6.07, 6.45) is 2.58. The number of fused-ring (bicyclic) bond motifs is 1. The van der Waals surface area contributed by atoms with Gasteiger partial charge in [-0.3, -0.25) is 4.79 Å². The Hall–Kier alpha value is -3.26. The number of benzene rings is 1. The minimum absolute atomic E-state index is 0.0824. The van der Waals surface area contributed by atoms with Crippen LogP contribution in [0.5, 0.6) is 0 Å². The fourth-order valence-corrected chi connectivity index (χ4v) is 3.53. The van der Waals surface area contributed by atoms with Crippen LogP contribution in [0.4, 0.5) is 0 Å². The maximum Gasteiger partial charge on any atom is 0.328 e. The monoisotopic (exact) mass is 380 g/mol. The second-order valence-electron chi connectivity index (χ2n) is 6.81. The molecule has 1 saturated heterocycles. The quantitative estimate of drug-likeness (QED) is 0.684. The van der Waals surface area contributed by atoms with Gasteiger partial charge in [0.2, 0.25) is 0 Å². The molecule has 8 heteroatoms. The molecule has 28 heavy (non-hydrogen) atoms. The highest BCUT2D eigenvalue weighted by Gasteiger charge is 2.40. The van der Waals surface area contributed by atoms with E-state index in [1.165, 1.54) is 18.2 Å². The number of aliphatic hydroxyl groups is 1. The summed E-state index contributed by atoms with van der Waals surface area (Å²) in [6, 6.07) is 10.8. The van der Waals surface area contributed by atoms with Crippen LogP contribution in [0.25, 0.3) is 11.2 Å². The number of ether oxygens (including phenoxy) is 1. The molecule has 3 aromatic rings. The smallest absolute Gasteiger partial charge is 0.328 e. The lowest BCUT2D eigenvalue weighted by molar-refractivity contribution is -0.145. The Kier molecular flexibility index (Phi) is 4.79. The lowest BCUT2D eigenvalue weighted by atomic mass is 10.2. The molecule has 0 unspecified atom stereocenters. The van der Waals surface area contributed by atoms with Gasteiger partial charge in [0, 0.05) is 19.2 Å². The van der Waals surface area contributed by atoms with Gasteiger partial charge in [0.15, 0.2) is 5.65 Å². The summed E-state index contributed by atoms with van der Waals surface area (Å²) in [4.78, 5) is 34.9. The van der Waals surface area contributed by atoms with Crippen molar-refractivity contribution in [3.63, 3.8) is 0 Å². The molecule has 4 rings (SSSR count). The third-order valence-corrected chi connectivity index (χ3v) is 4.91. The van der Waals surface area contributed by atoms with Crippen LogP contribution in [0.1, 0.15) is 22.3 Å². The van der Waals surface area contributed by atoms with Crippen molar-refractivity contribution in [1.29, 1.82) is 0 Å². The molecule has 2 aromatic heterocycles. The number of nitrogens with zero attached hydrogens (tertiary/aromatic N) is 4. The zero-order chi connectivity index (χ0) is 19.7. The van der Waals surface area contributed by atoms with Gasteiger partial charge in [-0.25, -0.2) is 14.8 Å². The fraction of sp³-hybridized carbons (Fsp3) is 0.300. The first-order chi connectivity index (χ1) is 13.6. The van der Waals surface area contributed by atoms with Crippen molar-refractivity contribution in [2.45, 2.75) is 25.1 Å². The average molecular weight is 380 g/mol. The van der Waals surface area contributed by atoms with Gasteiger partial charge in [0.25, 0.3) is 5.91 Å². The Balaban J connectivity index is 1.59. The number of imidazole rings is 1. The number of pyridine rings is 1. The van der Waals surface area contributed by atoms with Crippen molar-refractivity contribution in [1.82, 2.24) is 19.4 Å². The van der Waals surface area contributed by atoms with E-state index in [4.69, 9.17) is 4.74 Å². The van der Waals surface area contributed by atoms with E-state index in [9.17, 15) is 14.7 Å². The van der Waals surface area contributed by atoms with Crippen LogP contribution in [0.3, 0.4) is 0 Å². The van der Waals surface area contributed by atoms with Crippen LogP contribution < -0.4 is 0 Å². The zero-order valence-corrected chi connectivity index (χ0v) is 15.4. The highest BCUT2D eigenvalue weighted by Crippen LogP contribution is 2.23. The summed E-state index contributed by atoms with van der Waals surface area (Å²) in [7, 11) is 1.27. The Morgan fingerprint density at radius 2 is 2.04 bits per heavy atom. The van der Waals surface area contributed by atoms with E-state index >= 15 is 0 Å². The van der Waals surface area contributed by atoms with Gasteiger partial charge in [-0.1, -0.05) is 30.3 Å². The summed E-state index contributed by atoms with van der Waals surface area (Å²) in [5.41, 5.74) is 2.71. The van der Waals surface area contributed by atoms with Crippen LogP contribution in [0.15, 0.2) is 48.9 Å². The molecule has 1 amide bonds. The van der Waals surface area contributed by atoms with E-state index in [-0.39, 0.29) is 18.9 Å². The molecule has 1 N–H and O–H groups in total. The molecule has 0 radical (unpaired) electrons. The lowest BCUT2D eigenvalue weighted by Gasteiger charge is -2.22. The molecular formula is C20H20N4O4. The Labute approximate surface area is 161 Å². The van der Waals surface area contributed by atoms with Crippen molar-refractivity contribution in [3.8, 4) is 0 Å². The number of carbonyl (C=O) groups is 2. The fourth-order valence-electron chi connectivity index (χ4n) is 3.53. The van der Waals surface area contributed by atoms with Crippen LogP contribution >= 0.6 is 0 Å². The van der Waals surface area contributed by atoms with Gasteiger partial charge >= 0.3 is 5.97 Å². The van der Waals surface area contributed by atoms with E-state index in [1.807, 2.05) is 34.9 Å². The number of esters is 1. The summed E-state index contributed by atoms with van der Waals surface area (Å²) in [5.74, 6) is -0.912. The first-order valence-corrected chi connectivity index (χ1v) is 8.98. The molecule has 0 spiro atoms. The topological polar surface area (TPSA) is 97.6 Å². The van der Waals surface area contributed by atoms with E-state index in [1.54, 1.807) is 12.4 Å². The van der Waals surface area contributed by atoms with Crippen molar-refractivity contribution in [2.75, 3.05) is 13.7 Å². The number of rotatable bonds is 4. The number of hydrogen-bond donors (Lipinski definition) is 1. The van der Waals surface area contributed by atoms with Gasteiger partial charge < -0.3 is 19.3 Å². The number of aliphatic hydroxyl groups excluding tert-OH is 1. The van der Waals surface area contributed by atoms with Gasteiger partial charge in [0.1, 0.15) is 11.6 Å². The molecule has 3 heterocycles. The zero-order valence-electron chi connectivity index (χ0n) is 15.4. The molecule has 1 aliphatic heterocycles. The van der Waals surface area contributed by atoms with Gasteiger partial charge in [-0.2, -0.15) is 0 Å². The number of likely N-dealkylation sites (tertiary alicyclic amines) is 1. The minimum atomic E-state index is -0.793. The van der Waals surface area contributed by atoms with Gasteiger partial charge in [0.05, 0.1) is 31.6 Å². The molecule has 1 aliphatic rings. The molecular weight excluding hydrogens is 360 g/mol. The normalized spacial score (nSPS) is 19.1. The van der Waals surface area contributed by atoms with Gasteiger partial charge in [-0.05, 0) is 11.6 Å². The first-order valence-electron chi connectivity index (χ1n) is 8.98. The molecule has 8 nitrogen and oxygen atoms in total. The summed E-state index contributed by atoms with van der Waals surface area (Å²) in [6.45, 7) is 0.708. The highest BCUT2D eigenvalue weighted by molar-refractivity contribution is 5.98.